The lowest BCUT2D eigenvalue weighted by molar-refractivity contribution is 0.0696. The second-order valence-corrected chi connectivity index (χ2v) is 3.23. The average Bonchev–Trinajstić information content (AvgIpc) is 2.04. The fraction of sp³-hybridized carbons (Fsp3) is 0.222. The molecule has 0 atom stereocenters. The predicted octanol–water partition coefficient (Wildman–Crippen LogP) is 2.55. The van der Waals surface area contributed by atoms with Gasteiger partial charge in [0.2, 0.25) is 0 Å². The maximum atomic E-state index is 10.6. The van der Waals surface area contributed by atoms with Crippen LogP contribution in [0.2, 0.25) is 0 Å². The van der Waals surface area contributed by atoms with E-state index in [0.29, 0.717) is 16.8 Å². The van der Waals surface area contributed by atoms with E-state index in [4.69, 9.17) is 9.84 Å². The van der Waals surface area contributed by atoms with E-state index in [-0.39, 0.29) is 5.56 Å². The molecule has 0 radical (unpaired) electrons. The van der Waals surface area contributed by atoms with Crippen molar-refractivity contribution in [3.05, 3.63) is 28.2 Å². The first-order valence-corrected chi connectivity index (χ1v) is 4.60. The van der Waals surface area contributed by atoms with Crippen molar-refractivity contribution in [1.82, 2.24) is 0 Å². The highest BCUT2D eigenvalue weighted by atomic mass is 79.9. The molecule has 1 aromatic carbocycles. The zero-order valence-electron chi connectivity index (χ0n) is 7.08. The summed E-state index contributed by atoms with van der Waals surface area (Å²) in [6, 6.07) is 4.79. The Kier molecular flexibility index (Phi) is 3.31. The number of hydrogen-bond donors (Lipinski definition) is 1. The number of carbonyl (C=O) groups is 1. The molecule has 0 aromatic heterocycles. The van der Waals surface area contributed by atoms with Crippen LogP contribution < -0.4 is 4.74 Å². The summed E-state index contributed by atoms with van der Waals surface area (Å²) in [6.45, 7) is 2.44. The van der Waals surface area contributed by atoms with Gasteiger partial charge >= 0.3 is 5.97 Å². The maximum Gasteiger partial charge on any atom is 0.336 e. The minimum atomic E-state index is -0.949. The van der Waals surface area contributed by atoms with Crippen LogP contribution in [0.25, 0.3) is 0 Å². The Morgan fingerprint density at radius 2 is 2.31 bits per heavy atom. The van der Waals surface area contributed by atoms with Gasteiger partial charge < -0.3 is 9.84 Å². The normalized spacial score (nSPS) is 9.69. The number of rotatable bonds is 3. The molecule has 0 saturated carbocycles. The Balaban J connectivity index is 2.98. The molecule has 0 bridgehead atoms. The fourth-order valence-corrected chi connectivity index (χ4v) is 1.45. The van der Waals surface area contributed by atoms with Gasteiger partial charge in [-0.2, -0.15) is 0 Å². The molecule has 0 saturated heterocycles. The summed E-state index contributed by atoms with van der Waals surface area (Å²) in [6.07, 6.45) is 0. The lowest BCUT2D eigenvalue weighted by Crippen LogP contribution is -1.98. The van der Waals surface area contributed by atoms with Gasteiger partial charge in [-0.05, 0) is 41.1 Å². The Morgan fingerprint density at radius 1 is 1.62 bits per heavy atom. The average molecular weight is 245 g/mol. The van der Waals surface area contributed by atoms with E-state index in [2.05, 4.69) is 15.9 Å². The molecule has 0 aliphatic heterocycles. The van der Waals surface area contributed by atoms with Gasteiger partial charge in [-0.15, -0.1) is 0 Å². The van der Waals surface area contributed by atoms with Crippen molar-refractivity contribution in [2.75, 3.05) is 6.61 Å². The van der Waals surface area contributed by atoms with Gasteiger partial charge in [0.25, 0.3) is 0 Å². The second-order valence-electron chi connectivity index (χ2n) is 2.38. The largest absolute Gasteiger partial charge is 0.494 e. The second kappa shape index (κ2) is 4.28. The van der Waals surface area contributed by atoms with E-state index < -0.39 is 5.97 Å². The van der Waals surface area contributed by atoms with Crippen molar-refractivity contribution >= 4 is 21.9 Å². The SMILES string of the molecule is CCOc1ccc(C(=O)O)c(Br)c1. The molecule has 0 unspecified atom stereocenters. The molecule has 0 amide bonds. The van der Waals surface area contributed by atoms with E-state index in [1.165, 1.54) is 6.07 Å². The molecule has 0 heterocycles. The van der Waals surface area contributed by atoms with Crippen LogP contribution in [0.1, 0.15) is 17.3 Å². The zero-order valence-corrected chi connectivity index (χ0v) is 8.67. The number of aromatic carboxylic acids is 1. The van der Waals surface area contributed by atoms with Crippen molar-refractivity contribution in [3.63, 3.8) is 0 Å². The minimum Gasteiger partial charge on any atom is -0.494 e. The topological polar surface area (TPSA) is 46.5 Å². The van der Waals surface area contributed by atoms with Gasteiger partial charge in [0.1, 0.15) is 5.75 Å². The summed E-state index contributed by atoms with van der Waals surface area (Å²) in [4.78, 5) is 10.6. The summed E-state index contributed by atoms with van der Waals surface area (Å²) in [5.41, 5.74) is 0.239. The highest BCUT2D eigenvalue weighted by Gasteiger charge is 2.08. The van der Waals surface area contributed by atoms with Crippen molar-refractivity contribution in [2.45, 2.75) is 6.92 Å². The minimum absolute atomic E-state index is 0.239. The quantitative estimate of drug-likeness (QED) is 0.889. The fourth-order valence-electron chi connectivity index (χ4n) is 0.926. The number of carboxylic acid groups (broad SMARTS) is 1. The molecule has 1 N–H and O–H groups in total. The zero-order chi connectivity index (χ0) is 9.84. The third-order valence-electron chi connectivity index (χ3n) is 1.48. The third-order valence-corrected chi connectivity index (χ3v) is 2.14. The first-order chi connectivity index (χ1) is 6.15. The van der Waals surface area contributed by atoms with Gasteiger partial charge in [0.15, 0.2) is 0 Å². The van der Waals surface area contributed by atoms with Gasteiger partial charge in [0.05, 0.1) is 12.2 Å². The number of carboxylic acids is 1. The van der Waals surface area contributed by atoms with Gasteiger partial charge in [-0.1, -0.05) is 0 Å². The number of ether oxygens (including phenoxy) is 1. The molecular weight excluding hydrogens is 236 g/mol. The molecule has 1 rings (SSSR count). The number of benzene rings is 1. The summed E-state index contributed by atoms with van der Waals surface area (Å²) >= 11 is 3.16. The molecule has 1 aromatic rings. The summed E-state index contributed by atoms with van der Waals surface area (Å²) < 4.78 is 5.73. The summed E-state index contributed by atoms with van der Waals surface area (Å²) in [5, 5.41) is 8.72. The monoisotopic (exact) mass is 244 g/mol. The first kappa shape index (κ1) is 10.1. The molecule has 4 heteroatoms. The van der Waals surface area contributed by atoms with Crippen LogP contribution in [0.3, 0.4) is 0 Å². The Labute approximate surface area is 84.5 Å². The Bertz CT molecular complexity index is 323. The van der Waals surface area contributed by atoms with Crippen LogP contribution in [-0.4, -0.2) is 17.7 Å². The smallest absolute Gasteiger partial charge is 0.336 e. The Morgan fingerprint density at radius 3 is 2.77 bits per heavy atom. The molecule has 3 nitrogen and oxygen atoms in total. The van der Waals surface area contributed by atoms with Crippen molar-refractivity contribution < 1.29 is 14.6 Å². The van der Waals surface area contributed by atoms with Crippen molar-refractivity contribution in [1.29, 1.82) is 0 Å². The van der Waals surface area contributed by atoms with E-state index >= 15 is 0 Å². The molecule has 0 aliphatic rings. The summed E-state index contributed by atoms with van der Waals surface area (Å²) in [7, 11) is 0. The van der Waals surface area contributed by atoms with Crippen LogP contribution in [0, 0.1) is 0 Å². The highest BCUT2D eigenvalue weighted by molar-refractivity contribution is 9.10. The molecule has 0 fully saturated rings. The standard InChI is InChI=1S/C9H9BrO3/c1-2-13-6-3-4-7(9(11)12)8(10)5-6/h3-5H,2H2,1H3,(H,11,12). The van der Waals surface area contributed by atoms with Crippen molar-refractivity contribution in [2.24, 2.45) is 0 Å². The molecule has 13 heavy (non-hydrogen) atoms. The number of hydrogen-bond acceptors (Lipinski definition) is 2. The van der Waals surface area contributed by atoms with E-state index in [0.717, 1.165) is 0 Å². The molecule has 70 valence electrons. The third kappa shape index (κ3) is 2.45. The molecule has 0 aliphatic carbocycles. The van der Waals surface area contributed by atoms with E-state index in [1.54, 1.807) is 12.1 Å². The van der Waals surface area contributed by atoms with Crippen LogP contribution in [0.15, 0.2) is 22.7 Å². The van der Waals surface area contributed by atoms with Crippen LogP contribution in [0.4, 0.5) is 0 Å². The Hall–Kier alpha value is -1.03. The lowest BCUT2D eigenvalue weighted by atomic mass is 10.2. The van der Waals surface area contributed by atoms with E-state index in [1.807, 2.05) is 6.92 Å². The number of halogens is 1. The van der Waals surface area contributed by atoms with Gasteiger partial charge in [0, 0.05) is 4.47 Å². The van der Waals surface area contributed by atoms with Crippen molar-refractivity contribution in [3.8, 4) is 5.75 Å². The predicted molar refractivity (Wildman–Crippen MR) is 52.3 cm³/mol. The van der Waals surface area contributed by atoms with Gasteiger partial charge in [-0.3, -0.25) is 0 Å². The maximum absolute atomic E-state index is 10.6. The van der Waals surface area contributed by atoms with Crippen LogP contribution >= 0.6 is 15.9 Å². The van der Waals surface area contributed by atoms with Gasteiger partial charge in [-0.25, -0.2) is 4.79 Å². The highest BCUT2D eigenvalue weighted by Crippen LogP contribution is 2.22. The van der Waals surface area contributed by atoms with E-state index in [9.17, 15) is 4.79 Å². The van der Waals surface area contributed by atoms with Crippen LogP contribution in [0.5, 0.6) is 5.75 Å². The van der Waals surface area contributed by atoms with Crippen LogP contribution in [-0.2, 0) is 0 Å². The molecular formula is C9H9BrO3. The molecule has 0 spiro atoms. The first-order valence-electron chi connectivity index (χ1n) is 3.80. The lowest BCUT2D eigenvalue weighted by Gasteiger charge is -2.04. The summed E-state index contributed by atoms with van der Waals surface area (Å²) in [5.74, 6) is -0.283.